The number of rotatable bonds is 40. The second kappa shape index (κ2) is 45.6. The predicted octanol–water partition coefficient (Wildman–Crippen LogP) is 22.3. The van der Waals surface area contributed by atoms with Gasteiger partial charge in [0.2, 0.25) is 5.91 Å². The van der Waals surface area contributed by atoms with Crippen LogP contribution in [0.2, 0.25) is 15.1 Å². The number of halogens is 3. The summed E-state index contributed by atoms with van der Waals surface area (Å²) in [5.41, 5.74) is 10.7. The largest absolute Gasteiger partial charge is 0.481 e. The minimum atomic E-state index is -0.875. The summed E-state index contributed by atoms with van der Waals surface area (Å²) in [7, 11) is 4.01. The fourth-order valence-corrected chi connectivity index (χ4v) is 14.9. The van der Waals surface area contributed by atoms with Crippen molar-refractivity contribution in [2.45, 2.75) is 255 Å². The van der Waals surface area contributed by atoms with Gasteiger partial charge < -0.3 is 39.2 Å². The van der Waals surface area contributed by atoms with Crippen molar-refractivity contribution in [2.24, 2.45) is 37.8 Å². The molecule has 8 rings (SSSR count). The van der Waals surface area contributed by atoms with E-state index in [1.807, 2.05) is 108 Å². The van der Waals surface area contributed by atoms with Crippen molar-refractivity contribution in [1.82, 2.24) is 18.3 Å². The first-order valence-electron chi connectivity index (χ1n) is 37.7. The molecule has 0 aliphatic heterocycles. The van der Waals surface area contributed by atoms with Crippen LogP contribution in [-0.4, -0.2) is 85.2 Å². The molecule has 0 saturated carbocycles. The number of carbonyl (C=O) groups excluding carboxylic acids is 3. The topological polar surface area (TPSA) is 240 Å². The average molecular weight is 1510 g/mol. The molecule has 5 atom stereocenters. The van der Waals surface area contributed by atoms with E-state index in [1.54, 1.807) is 11.5 Å². The first-order valence-corrected chi connectivity index (χ1v) is 38.8. The first-order chi connectivity index (χ1) is 49.1. The number of ketones is 2. The van der Waals surface area contributed by atoms with Gasteiger partial charge in [-0.25, -0.2) is 0 Å². The Morgan fingerprint density at radius 2 is 0.846 bits per heavy atom. The number of carbonyl (C=O) groups is 7. The van der Waals surface area contributed by atoms with Gasteiger partial charge >= 0.3 is 23.9 Å². The molecule has 0 amide bonds. The first kappa shape index (κ1) is 89.5. The monoisotopic (exact) mass is 1510 g/mol. The van der Waals surface area contributed by atoms with Gasteiger partial charge in [-0.1, -0.05) is 198 Å². The van der Waals surface area contributed by atoms with Crippen molar-refractivity contribution in [3.8, 4) is 0 Å². The zero-order valence-electron chi connectivity index (χ0n) is 63.5. The maximum Gasteiger partial charge on any atom is 0.303 e. The van der Waals surface area contributed by atoms with Gasteiger partial charge in [-0.2, -0.15) is 13.5 Å². The van der Waals surface area contributed by atoms with Crippen molar-refractivity contribution in [2.75, 3.05) is 0 Å². The normalized spacial score (nSPS) is 12.7. The maximum absolute atomic E-state index is 13.1. The van der Waals surface area contributed by atoms with Crippen LogP contribution in [0, 0.1) is 23.7 Å². The fourth-order valence-electron chi connectivity index (χ4n) is 14.3. The number of aliphatic hydroxyl groups excluding tert-OH is 1. The third kappa shape index (κ3) is 26.9. The van der Waals surface area contributed by atoms with Crippen molar-refractivity contribution >= 4 is 133 Å². The Kier molecular flexibility index (Phi) is 39.2. The van der Waals surface area contributed by atoms with Crippen molar-refractivity contribution in [3.63, 3.8) is 0 Å². The average Bonchev–Trinajstić information content (AvgIpc) is 1.64. The van der Waals surface area contributed by atoms with Gasteiger partial charge in [0.25, 0.3) is 0 Å². The molecule has 104 heavy (non-hydrogen) atoms. The molecular weight excluding hydrogens is 1400 g/mol. The third-order valence-electron chi connectivity index (χ3n) is 19.4. The highest BCUT2D eigenvalue weighted by atomic mass is 35.5. The van der Waals surface area contributed by atoms with Gasteiger partial charge in [0.15, 0.2) is 11.6 Å². The number of para-hydroxylation sites is 1. The lowest BCUT2D eigenvalue weighted by Gasteiger charge is -2.17. The van der Waals surface area contributed by atoms with Crippen molar-refractivity contribution in [3.05, 3.63) is 139 Å². The van der Waals surface area contributed by atoms with E-state index in [-0.39, 0.29) is 99.6 Å². The number of carboxylic acid groups (broad SMARTS) is 4. The standard InChI is InChI=1S/C22H31NO3.C21H28ClNO3.C21H30ClNO3.C20H26ClNO3.H2S/c1-4-6-7-8-13-19-22(20(24)14-16(3)15-21(25)26)17-11-9-10-12-18(17)23(19)5-2;1-4-5-6-7-8-18-21(19(24)11-14(2)12-20(25)26)16-13-15(22)9-10-17(16)23(18)3;1-4-5-6-7-8-17-21(19(24)11-14(2)12-20(25)26)16-10-9-15(22)13-18(16)23(17)3;1-3-4-5-6-7-17-12-15-8-9-16(21)13-18(15)22(17)19(23)10-14(2)11-20(24)25;/h9-12,16H,4-8,13-15H2,1-3H3,(H,25,26);9-10,13-14H,4-8,11-12H2,1-3H3,(H,25,26);9-10,13-14,19,24H,4-8,11-12H2,1-3H3,(H,25,26);8-9,12-14H,3-7,10-11H2,1-2H3,(H,24,25);1H2/t;14-;14?,19-;;/m.00../s1. The highest BCUT2D eigenvalue weighted by molar-refractivity contribution is 7.59. The van der Waals surface area contributed by atoms with Crippen LogP contribution in [0.25, 0.3) is 43.6 Å². The van der Waals surface area contributed by atoms with Crippen molar-refractivity contribution < 1.29 is 59.1 Å². The van der Waals surface area contributed by atoms with Crippen LogP contribution in [0.3, 0.4) is 0 Å². The van der Waals surface area contributed by atoms with Crippen LogP contribution in [-0.2, 0) is 65.5 Å². The van der Waals surface area contributed by atoms with Gasteiger partial charge in [0, 0.05) is 158 Å². The lowest BCUT2D eigenvalue weighted by Crippen LogP contribution is -2.18. The Morgan fingerprint density at radius 3 is 1.37 bits per heavy atom. The molecule has 8 aromatic rings. The number of aliphatic hydroxyl groups is 1. The van der Waals surface area contributed by atoms with E-state index in [0.29, 0.717) is 21.5 Å². The minimum Gasteiger partial charge on any atom is -0.481 e. The summed E-state index contributed by atoms with van der Waals surface area (Å²) in [5.74, 6) is -4.02. The number of nitrogens with zero attached hydrogens (tertiary/aromatic N) is 4. The Hall–Kier alpha value is -6.89. The molecule has 5 N–H and O–H groups in total. The second-order valence-electron chi connectivity index (χ2n) is 28.5. The van der Waals surface area contributed by atoms with Crippen LogP contribution in [0.1, 0.15) is 276 Å². The quantitative estimate of drug-likeness (QED) is 0.0178. The summed E-state index contributed by atoms with van der Waals surface area (Å²) in [6.45, 7) is 19.0. The van der Waals surface area contributed by atoms with E-state index in [0.717, 1.165) is 154 Å². The smallest absolute Gasteiger partial charge is 0.303 e. The molecule has 0 bridgehead atoms. The van der Waals surface area contributed by atoms with Crippen molar-refractivity contribution in [1.29, 1.82) is 0 Å². The third-order valence-corrected chi connectivity index (χ3v) is 20.1. The highest BCUT2D eigenvalue weighted by Gasteiger charge is 2.28. The van der Waals surface area contributed by atoms with Gasteiger partial charge in [0.1, 0.15) is 0 Å². The number of hydrogen-bond acceptors (Lipinski definition) is 8. The predicted molar refractivity (Wildman–Crippen MR) is 431 cm³/mol. The van der Waals surface area contributed by atoms with E-state index in [4.69, 9.17) is 55.2 Å². The molecule has 0 aliphatic rings. The molecule has 0 saturated heterocycles. The van der Waals surface area contributed by atoms with E-state index in [1.165, 1.54) is 64.2 Å². The molecule has 0 aliphatic carbocycles. The lowest BCUT2D eigenvalue weighted by molar-refractivity contribution is -0.139. The van der Waals surface area contributed by atoms with Crippen LogP contribution in [0.5, 0.6) is 0 Å². The van der Waals surface area contributed by atoms with Gasteiger partial charge in [-0.15, -0.1) is 0 Å². The number of fused-ring (bicyclic) bond motifs is 4. The number of aliphatic carboxylic acids is 4. The summed E-state index contributed by atoms with van der Waals surface area (Å²) < 4.78 is 8.22. The lowest BCUT2D eigenvalue weighted by atomic mass is 9.93. The summed E-state index contributed by atoms with van der Waals surface area (Å²) in [6, 6.07) is 27.1. The molecule has 4 aromatic carbocycles. The van der Waals surface area contributed by atoms with E-state index in [9.17, 15) is 38.7 Å². The van der Waals surface area contributed by atoms with Gasteiger partial charge in [-0.3, -0.25) is 38.1 Å². The maximum atomic E-state index is 13.1. The van der Waals surface area contributed by atoms with Crippen LogP contribution in [0.15, 0.2) is 84.9 Å². The summed E-state index contributed by atoms with van der Waals surface area (Å²) in [4.78, 5) is 82.7. The molecule has 0 radical (unpaired) electrons. The fraction of sp³-hybridized carbons (Fsp3) is 0.536. The number of unbranched alkanes of at least 4 members (excludes halogenated alkanes) is 12. The van der Waals surface area contributed by atoms with Crippen LogP contribution in [0.4, 0.5) is 0 Å². The Bertz CT molecular complexity index is 4110. The number of aromatic nitrogens is 4. The number of carboxylic acids is 4. The number of hydrogen-bond donors (Lipinski definition) is 5. The van der Waals surface area contributed by atoms with E-state index < -0.39 is 30.0 Å². The summed E-state index contributed by atoms with van der Waals surface area (Å²) in [5, 5.41) is 52.6. The van der Waals surface area contributed by atoms with E-state index >= 15 is 0 Å². The number of Topliss-reactive ketones (excluding diaryl/α,β-unsaturated/α-hetero) is 2. The summed E-state index contributed by atoms with van der Waals surface area (Å²) in [6.07, 6.45) is 22.5. The van der Waals surface area contributed by atoms with Crippen LogP contribution < -0.4 is 0 Å². The molecule has 4 heterocycles. The number of aryl methyl sites for hydroxylation is 4. The van der Waals surface area contributed by atoms with Gasteiger partial charge in [0.05, 0.1) is 11.6 Å². The number of benzene rings is 4. The van der Waals surface area contributed by atoms with Gasteiger partial charge in [-0.05, 0) is 143 Å². The molecule has 0 spiro atoms. The molecule has 4 aromatic heterocycles. The Labute approximate surface area is 638 Å². The highest BCUT2D eigenvalue weighted by Crippen LogP contribution is 2.38. The zero-order valence-corrected chi connectivity index (χ0v) is 66.8. The minimum absolute atomic E-state index is 0. The van der Waals surface area contributed by atoms with E-state index in [2.05, 4.69) is 60.5 Å². The molecule has 20 heteroatoms. The molecule has 16 nitrogen and oxygen atoms in total. The van der Waals surface area contributed by atoms with Crippen LogP contribution >= 0.6 is 48.3 Å². The Morgan fingerprint density at radius 1 is 0.413 bits per heavy atom. The molecular formula is C84H117Cl3N4O12S. The molecule has 572 valence electrons. The molecule has 0 fully saturated rings. The SMILES string of the molecule is CCCCCCc1c(C(=O)CC(C)CC(=O)O)c2ccccc2n1CC.CCCCCCc1c(C(=O)C[C@H](C)CC(=O)O)c2cc(Cl)ccc2n1C.CCCCCCc1c([C@@H](O)CC(C)CC(=O)O)c2ccc(Cl)cc2n1C.CCCCCCc1cc2ccc(Cl)cc2n1C(=O)CC(C)CC(=O)O.S. The summed E-state index contributed by atoms with van der Waals surface area (Å²) >= 11 is 18.5. The zero-order chi connectivity index (χ0) is 76.0. The Balaban J connectivity index is 0.000000293. The second-order valence-corrected chi connectivity index (χ2v) is 29.8. The molecule has 3 unspecified atom stereocenters.